The highest BCUT2D eigenvalue weighted by molar-refractivity contribution is 7.78. The van der Waals surface area contributed by atoms with Gasteiger partial charge in [-0.1, -0.05) is 31.0 Å². The number of aryl methyl sites for hydroxylation is 1. The Hall–Kier alpha value is -2.06. The first kappa shape index (κ1) is 18.7. The third kappa shape index (κ3) is 3.43. The molecule has 1 aliphatic rings. The van der Waals surface area contributed by atoms with Gasteiger partial charge in [-0.05, 0) is 37.1 Å². The standard InChI is InChI=1S/C18H18F3N3OS/c1-11-4-2-7-14(22-11)13-6-3-5-12(16(13)19)8-15-17(23-26)18(20,21)9-24(15)10-25/h2-7,10,15,17,23,26H,8-9H2,1H3. The molecule has 2 aromatic rings. The van der Waals surface area contributed by atoms with Gasteiger partial charge in [-0.2, -0.15) is 0 Å². The minimum absolute atomic E-state index is 0.0575. The van der Waals surface area contributed by atoms with Crippen molar-refractivity contribution >= 4 is 19.2 Å². The van der Waals surface area contributed by atoms with E-state index in [-0.39, 0.29) is 12.0 Å². The number of carbonyl (C=O) groups is 1. The Kier molecular flexibility index (Phi) is 5.24. The summed E-state index contributed by atoms with van der Waals surface area (Å²) in [4.78, 5) is 16.5. The van der Waals surface area contributed by atoms with Crippen LogP contribution in [0.15, 0.2) is 36.4 Å². The van der Waals surface area contributed by atoms with E-state index in [1.54, 1.807) is 37.3 Å². The average molecular weight is 381 g/mol. The number of rotatable bonds is 5. The lowest BCUT2D eigenvalue weighted by molar-refractivity contribution is -0.120. The van der Waals surface area contributed by atoms with Crippen molar-refractivity contribution in [2.75, 3.05) is 6.54 Å². The van der Waals surface area contributed by atoms with Gasteiger partial charge in [0, 0.05) is 11.3 Å². The molecule has 0 aliphatic carbocycles. The molecule has 1 fully saturated rings. The third-order valence-electron chi connectivity index (χ3n) is 4.61. The van der Waals surface area contributed by atoms with Crippen LogP contribution < -0.4 is 4.72 Å². The van der Waals surface area contributed by atoms with Crippen LogP contribution in [0.5, 0.6) is 0 Å². The van der Waals surface area contributed by atoms with E-state index in [9.17, 15) is 13.6 Å². The van der Waals surface area contributed by atoms with Crippen molar-refractivity contribution in [3.63, 3.8) is 0 Å². The molecule has 1 aliphatic heterocycles. The molecular formula is C18H18F3N3OS. The van der Waals surface area contributed by atoms with Crippen LogP contribution in [0.4, 0.5) is 13.2 Å². The zero-order valence-electron chi connectivity index (χ0n) is 14.0. The van der Waals surface area contributed by atoms with E-state index in [0.29, 0.717) is 17.7 Å². The van der Waals surface area contributed by atoms with Crippen molar-refractivity contribution in [1.82, 2.24) is 14.6 Å². The highest BCUT2D eigenvalue weighted by atomic mass is 32.1. The molecule has 1 saturated heterocycles. The van der Waals surface area contributed by atoms with Gasteiger partial charge >= 0.3 is 0 Å². The predicted molar refractivity (Wildman–Crippen MR) is 95.5 cm³/mol. The van der Waals surface area contributed by atoms with E-state index in [0.717, 1.165) is 10.6 Å². The maximum atomic E-state index is 15.0. The Morgan fingerprint density at radius 1 is 1.35 bits per heavy atom. The number of benzene rings is 1. The Labute approximate surface area is 155 Å². The number of nitrogens with zero attached hydrogens (tertiary/aromatic N) is 2. The van der Waals surface area contributed by atoms with Crippen molar-refractivity contribution in [1.29, 1.82) is 0 Å². The summed E-state index contributed by atoms with van der Waals surface area (Å²) < 4.78 is 45.4. The lowest BCUT2D eigenvalue weighted by Gasteiger charge is -2.25. The van der Waals surface area contributed by atoms with Crippen LogP contribution >= 0.6 is 12.8 Å². The van der Waals surface area contributed by atoms with Crippen molar-refractivity contribution in [2.45, 2.75) is 31.4 Å². The Bertz CT molecular complexity index is 818. The van der Waals surface area contributed by atoms with E-state index in [4.69, 9.17) is 0 Å². The van der Waals surface area contributed by atoms with E-state index in [1.807, 2.05) is 0 Å². The molecular weight excluding hydrogens is 363 g/mol. The number of carbonyl (C=O) groups excluding carboxylic acids is 1. The van der Waals surface area contributed by atoms with Gasteiger partial charge in [-0.3, -0.25) is 14.5 Å². The molecule has 1 N–H and O–H groups in total. The maximum absolute atomic E-state index is 15.0. The van der Waals surface area contributed by atoms with Crippen LogP contribution in [0, 0.1) is 12.7 Å². The number of hydrogen-bond donors (Lipinski definition) is 2. The molecule has 0 bridgehead atoms. The van der Waals surface area contributed by atoms with E-state index >= 15 is 4.39 Å². The number of hydrogen-bond acceptors (Lipinski definition) is 4. The van der Waals surface area contributed by atoms with Crippen LogP contribution in [0.1, 0.15) is 11.3 Å². The van der Waals surface area contributed by atoms with Crippen molar-refractivity contribution in [2.24, 2.45) is 0 Å². The Morgan fingerprint density at radius 2 is 2.08 bits per heavy atom. The second-order valence-electron chi connectivity index (χ2n) is 6.36. The molecule has 2 heterocycles. The van der Waals surface area contributed by atoms with Gasteiger partial charge in [-0.15, -0.1) is 0 Å². The van der Waals surface area contributed by atoms with Crippen LogP contribution in [0.25, 0.3) is 11.3 Å². The highest BCUT2D eigenvalue weighted by Gasteiger charge is 2.53. The second-order valence-corrected chi connectivity index (χ2v) is 6.62. The summed E-state index contributed by atoms with van der Waals surface area (Å²) in [5.74, 6) is -3.66. The van der Waals surface area contributed by atoms with Crippen molar-refractivity contribution in [3.05, 3.63) is 53.5 Å². The van der Waals surface area contributed by atoms with Gasteiger partial charge < -0.3 is 4.90 Å². The number of nitrogens with one attached hydrogen (secondary N) is 1. The average Bonchev–Trinajstić information content (AvgIpc) is 2.85. The summed E-state index contributed by atoms with van der Waals surface area (Å²) in [6.07, 6.45) is 0.311. The number of likely N-dealkylation sites (tertiary alicyclic amines) is 1. The first-order valence-electron chi connectivity index (χ1n) is 8.07. The van der Waals surface area contributed by atoms with Crippen LogP contribution in [0.2, 0.25) is 0 Å². The lowest BCUT2D eigenvalue weighted by Crippen LogP contribution is -2.46. The molecule has 0 saturated carbocycles. The summed E-state index contributed by atoms with van der Waals surface area (Å²) in [5, 5.41) is 0. The molecule has 2 unspecified atom stereocenters. The van der Waals surface area contributed by atoms with Gasteiger partial charge in [0.15, 0.2) is 0 Å². The number of thiol groups is 1. The van der Waals surface area contributed by atoms with Gasteiger partial charge in [-0.25, -0.2) is 13.2 Å². The SMILES string of the molecule is Cc1cccc(-c2cccc(CC3C(NS)C(F)(F)CN3C=O)c2F)n1. The van der Waals surface area contributed by atoms with E-state index in [2.05, 4.69) is 22.5 Å². The topological polar surface area (TPSA) is 45.2 Å². The van der Waals surface area contributed by atoms with Crippen molar-refractivity contribution < 1.29 is 18.0 Å². The quantitative estimate of drug-likeness (QED) is 0.618. The fourth-order valence-electron chi connectivity index (χ4n) is 3.32. The van der Waals surface area contributed by atoms with Gasteiger partial charge in [0.2, 0.25) is 6.41 Å². The molecule has 8 heteroatoms. The molecule has 4 nitrogen and oxygen atoms in total. The maximum Gasteiger partial charge on any atom is 0.283 e. The number of halogens is 3. The summed E-state index contributed by atoms with van der Waals surface area (Å²) in [5.41, 5.74) is 1.75. The zero-order chi connectivity index (χ0) is 18.9. The van der Waals surface area contributed by atoms with Gasteiger partial charge in [0.1, 0.15) is 11.9 Å². The van der Waals surface area contributed by atoms with Gasteiger partial charge in [0.25, 0.3) is 5.92 Å². The fraction of sp³-hybridized carbons (Fsp3) is 0.333. The largest absolute Gasteiger partial charge is 0.334 e. The van der Waals surface area contributed by atoms with E-state index in [1.165, 1.54) is 6.07 Å². The minimum Gasteiger partial charge on any atom is -0.334 e. The van der Waals surface area contributed by atoms with Crippen LogP contribution in [0.3, 0.4) is 0 Å². The number of alkyl halides is 2. The summed E-state index contributed by atoms with van der Waals surface area (Å²) in [6.45, 7) is 1.08. The summed E-state index contributed by atoms with van der Waals surface area (Å²) in [6, 6.07) is 7.77. The second kappa shape index (κ2) is 7.28. The Balaban J connectivity index is 1.95. The lowest BCUT2D eigenvalue weighted by atomic mass is 9.96. The molecule has 1 amide bonds. The van der Waals surface area contributed by atoms with E-state index < -0.39 is 30.4 Å². The van der Waals surface area contributed by atoms with Crippen molar-refractivity contribution in [3.8, 4) is 11.3 Å². The number of amides is 1. The monoisotopic (exact) mass is 381 g/mol. The third-order valence-corrected chi connectivity index (χ3v) is 4.88. The van der Waals surface area contributed by atoms with Crippen LogP contribution in [-0.4, -0.2) is 40.8 Å². The highest BCUT2D eigenvalue weighted by Crippen LogP contribution is 2.35. The smallest absolute Gasteiger partial charge is 0.283 e. The van der Waals surface area contributed by atoms with Gasteiger partial charge in [0.05, 0.1) is 18.3 Å². The molecule has 0 radical (unpaired) electrons. The molecule has 2 atom stereocenters. The molecule has 138 valence electrons. The summed E-state index contributed by atoms with van der Waals surface area (Å²) >= 11 is 3.77. The first-order chi connectivity index (χ1) is 12.4. The predicted octanol–water partition coefficient (Wildman–Crippen LogP) is 3.02. The molecule has 3 rings (SSSR count). The molecule has 1 aromatic heterocycles. The molecule has 0 spiro atoms. The van der Waals surface area contributed by atoms with Crippen LogP contribution in [-0.2, 0) is 11.2 Å². The molecule has 1 aromatic carbocycles. The fourth-order valence-corrected chi connectivity index (χ4v) is 3.68. The first-order valence-corrected chi connectivity index (χ1v) is 8.52. The summed E-state index contributed by atoms with van der Waals surface area (Å²) in [7, 11) is 0. The minimum atomic E-state index is -3.14. The number of aromatic nitrogens is 1. The Morgan fingerprint density at radius 3 is 2.73 bits per heavy atom. The molecule has 26 heavy (non-hydrogen) atoms. The zero-order valence-corrected chi connectivity index (χ0v) is 14.9. The number of pyridine rings is 1. The normalized spacial score (nSPS) is 21.8.